The number of hydrogen-bond acceptors (Lipinski definition) is 7. The number of thiophene rings is 1. The van der Waals surface area contributed by atoms with Gasteiger partial charge in [-0.25, -0.2) is 13.4 Å². The molecule has 0 aromatic carbocycles. The molecule has 0 saturated heterocycles. The summed E-state index contributed by atoms with van der Waals surface area (Å²) >= 11 is 7.85. The van der Waals surface area contributed by atoms with Gasteiger partial charge in [0, 0.05) is 33.6 Å². The van der Waals surface area contributed by atoms with Gasteiger partial charge in [0.25, 0.3) is 0 Å². The van der Waals surface area contributed by atoms with E-state index in [9.17, 15) is 8.42 Å². The van der Waals surface area contributed by atoms with E-state index in [0.29, 0.717) is 10.9 Å². The summed E-state index contributed by atoms with van der Waals surface area (Å²) in [6.45, 7) is 4.69. The van der Waals surface area contributed by atoms with Crippen molar-refractivity contribution < 1.29 is 12.8 Å². The molecule has 154 valence electrons. The Morgan fingerprint density at radius 3 is 2.66 bits per heavy atom. The van der Waals surface area contributed by atoms with E-state index in [1.165, 1.54) is 31.4 Å². The van der Waals surface area contributed by atoms with Gasteiger partial charge >= 0.3 is 0 Å². The Bertz CT molecular complexity index is 1140. The molecule has 0 aliphatic carbocycles. The molecule has 3 N–H and O–H groups in total. The van der Waals surface area contributed by atoms with Crippen molar-refractivity contribution in [1.29, 1.82) is 5.41 Å². The zero-order valence-electron chi connectivity index (χ0n) is 16.1. The minimum Gasteiger partial charge on any atom is -0.444 e. The first-order valence-corrected chi connectivity index (χ1v) is 11.6. The Labute approximate surface area is 178 Å². The van der Waals surface area contributed by atoms with E-state index >= 15 is 0 Å². The van der Waals surface area contributed by atoms with Gasteiger partial charge in [0.05, 0.1) is 22.5 Å². The molecule has 0 fully saturated rings. The van der Waals surface area contributed by atoms with Crippen LogP contribution in [0, 0.1) is 5.41 Å². The molecule has 3 rings (SSSR count). The Hall–Kier alpha value is -2.23. The minimum atomic E-state index is -3.65. The third kappa shape index (κ3) is 4.22. The number of aromatic nitrogens is 2. The number of sulfone groups is 1. The molecule has 0 saturated carbocycles. The number of hydrogen-bond donors (Lipinski definition) is 2. The molecule has 0 bridgehead atoms. The number of halogens is 1. The average Bonchev–Trinajstić information content (AvgIpc) is 3.31. The van der Waals surface area contributed by atoms with Crippen LogP contribution in [0.4, 0.5) is 0 Å². The Morgan fingerprint density at radius 2 is 2.03 bits per heavy atom. The van der Waals surface area contributed by atoms with Gasteiger partial charge in [0.1, 0.15) is 16.8 Å². The highest BCUT2D eigenvalue weighted by Gasteiger charge is 2.39. The van der Waals surface area contributed by atoms with Crippen molar-refractivity contribution >= 4 is 38.6 Å². The van der Waals surface area contributed by atoms with E-state index in [4.69, 9.17) is 27.2 Å². The third-order valence-electron chi connectivity index (χ3n) is 4.76. The standard InChI is InChI=1S/C19H21ClN4O3S2/c1-11(10-29(25,26)19(2,3)18(21)22)16-14(20)7-15(28-16)12-6-13(9-23-8-12)17-24-4-5-27-17/h4-9,11H,10H2,1-3H3,(H3,21,22)/t11-/m1/s1. The van der Waals surface area contributed by atoms with Crippen molar-refractivity contribution in [2.75, 3.05) is 5.75 Å². The van der Waals surface area contributed by atoms with Crippen LogP contribution in [0.3, 0.4) is 0 Å². The highest BCUT2D eigenvalue weighted by Crippen LogP contribution is 2.40. The average molecular weight is 453 g/mol. The van der Waals surface area contributed by atoms with Gasteiger partial charge in [-0.15, -0.1) is 11.3 Å². The number of oxazole rings is 1. The first-order valence-electron chi connectivity index (χ1n) is 8.74. The summed E-state index contributed by atoms with van der Waals surface area (Å²) in [6, 6.07) is 3.70. The number of nitrogens with one attached hydrogen (secondary N) is 1. The maximum Gasteiger partial charge on any atom is 0.227 e. The molecule has 10 heteroatoms. The van der Waals surface area contributed by atoms with Gasteiger partial charge in [-0.05, 0) is 26.0 Å². The summed E-state index contributed by atoms with van der Waals surface area (Å²) in [5.41, 5.74) is 7.06. The fourth-order valence-corrected chi connectivity index (χ4v) is 5.94. The second-order valence-corrected chi connectivity index (χ2v) is 11.3. The third-order valence-corrected chi connectivity index (χ3v) is 9.31. The molecule has 3 aromatic heterocycles. The molecule has 3 aromatic rings. The fraction of sp³-hybridized carbons (Fsp3) is 0.316. The number of amidine groups is 1. The predicted molar refractivity (Wildman–Crippen MR) is 116 cm³/mol. The smallest absolute Gasteiger partial charge is 0.227 e. The van der Waals surface area contributed by atoms with Crippen LogP contribution in [-0.4, -0.2) is 34.7 Å². The van der Waals surface area contributed by atoms with Crippen LogP contribution < -0.4 is 5.73 Å². The fourth-order valence-electron chi connectivity index (χ4n) is 2.70. The highest BCUT2D eigenvalue weighted by molar-refractivity contribution is 7.93. The van der Waals surface area contributed by atoms with Crippen molar-refractivity contribution in [3.05, 3.63) is 46.9 Å². The summed E-state index contributed by atoms with van der Waals surface area (Å²) in [6.07, 6.45) is 6.42. The largest absolute Gasteiger partial charge is 0.444 e. The minimum absolute atomic E-state index is 0.159. The van der Waals surface area contributed by atoms with E-state index in [-0.39, 0.29) is 17.5 Å². The lowest BCUT2D eigenvalue weighted by Crippen LogP contribution is -2.46. The van der Waals surface area contributed by atoms with Gasteiger partial charge < -0.3 is 10.2 Å². The van der Waals surface area contributed by atoms with E-state index < -0.39 is 14.6 Å². The summed E-state index contributed by atoms with van der Waals surface area (Å²) in [7, 11) is -3.65. The molecule has 0 aliphatic rings. The second kappa shape index (κ2) is 7.89. The van der Waals surface area contributed by atoms with Crippen LogP contribution in [0.5, 0.6) is 0 Å². The molecule has 0 radical (unpaired) electrons. The van der Waals surface area contributed by atoms with Crippen molar-refractivity contribution in [1.82, 2.24) is 9.97 Å². The van der Waals surface area contributed by atoms with E-state index in [2.05, 4.69) is 9.97 Å². The zero-order valence-corrected chi connectivity index (χ0v) is 18.5. The van der Waals surface area contributed by atoms with E-state index in [0.717, 1.165) is 20.9 Å². The summed E-state index contributed by atoms with van der Waals surface area (Å²) in [5.74, 6) is -0.425. The zero-order chi connectivity index (χ0) is 21.4. The Morgan fingerprint density at radius 1 is 1.34 bits per heavy atom. The lowest BCUT2D eigenvalue weighted by atomic mass is 10.1. The highest BCUT2D eigenvalue weighted by atomic mass is 35.5. The van der Waals surface area contributed by atoms with E-state index in [1.54, 1.807) is 31.6 Å². The molecule has 0 spiro atoms. The first-order chi connectivity index (χ1) is 13.5. The van der Waals surface area contributed by atoms with Gasteiger partial charge in [-0.1, -0.05) is 18.5 Å². The Balaban J connectivity index is 1.89. The van der Waals surface area contributed by atoms with Crippen molar-refractivity contribution in [3.63, 3.8) is 0 Å². The number of nitrogens with zero attached hydrogens (tertiary/aromatic N) is 2. The van der Waals surface area contributed by atoms with Crippen molar-refractivity contribution in [3.8, 4) is 21.9 Å². The van der Waals surface area contributed by atoms with Crippen LogP contribution in [-0.2, 0) is 9.84 Å². The lowest BCUT2D eigenvalue weighted by Gasteiger charge is -2.25. The lowest BCUT2D eigenvalue weighted by molar-refractivity contribution is 0.571. The van der Waals surface area contributed by atoms with Crippen LogP contribution in [0.2, 0.25) is 5.02 Å². The molecular weight excluding hydrogens is 432 g/mol. The summed E-state index contributed by atoms with van der Waals surface area (Å²) < 4.78 is 29.4. The number of nitrogens with two attached hydrogens (primary N) is 1. The first kappa shape index (κ1) is 21.5. The second-order valence-electron chi connectivity index (χ2n) is 7.23. The molecule has 7 nitrogen and oxygen atoms in total. The van der Waals surface area contributed by atoms with Crippen LogP contribution >= 0.6 is 22.9 Å². The quantitative estimate of drug-likeness (QED) is 0.405. The summed E-state index contributed by atoms with van der Waals surface area (Å²) in [4.78, 5) is 9.99. The van der Waals surface area contributed by atoms with Crippen LogP contribution in [0.25, 0.3) is 21.9 Å². The molecule has 29 heavy (non-hydrogen) atoms. The predicted octanol–water partition coefficient (Wildman–Crippen LogP) is 4.35. The molecule has 1 atom stereocenters. The molecule has 0 unspecified atom stereocenters. The monoisotopic (exact) mass is 452 g/mol. The van der Waals surface area contributed by atoms with E-state index in [1.807, 2.05) is 6.07 Å². The SMILES string of the molecule is C[C@H](CS(=O)(=O)C(C)(C)C(=N)N)c1sc(-c2cncc(-c3ncco3)c2)cc1Cl. The van der Waals surface area contributed by atoms with Crippen molar-refractivity contribution in [2.24, 2.45) is 5.73 Å². The normalized spacial score (nSPS) is 13.4. The molecular formula is C19H21ClN4O3S2. The number of pyridine rings is 1. The maximum atomic E-state index is 12.8. The van der Waals surface area contributed by atoms with Gasteiger partial charge in [-0.3, -0.25) is 10.4 Å². The van der Waals surface area contributed by atoms with Crippen LogP contribution in [0.15, 0.2) is 41.4 Å². The van der Waals surface area contributed by atoms with Gasteiger partial charge in [0.2, 0.25) is 5.89 Å². The molecule has 0 amide bonds. The molecule has 0 aliphatic heterocycles. The maximum absolute atomic E-state index is 12.8. The molecule has 3 heterocycles. The Kier molecular flexibility index (Phi) is 5.84. The van der Waals surface area contributed by atoms with Crippen LogP contribution in [0.1, 0.15) is 31.6 Å². The van der Waals surface area contributed by atoms with Crippen molar-refractivity contribution in [2.45, 2.75) is 31.4 Å². The number of rotatable bonds is 7. The summed E-state index contributed by atoms with van der Waals surface area (Å²) in [5, 5.41) is 8.09. The topological polar surface area (TPSA) is 123 Å². The van der Waals surface area contributed by atoms with Gasteiger partial charge in [-0.2, -0.15) is 0 Å². The van der Waals surface area contributed by atoms with Gasteiger partial charge in [0.15, 0.2) is 9.84 Å².